The lowest BCUT2D eigenvalue weighted by atomic mass is 10.1. The number of rotatable bonds is 4. The van der Waals surface area contributed by atoms with Gasteiger partial charge in [-0.05, 0) is 43.8 Å². The van der Waals surface area contributed by atoms with Crippen molar-refractivity contribution in [2.45, 2.75) is 19.9 Å². The molecule has 20 heavy (non-hydrogen) atoms. The van der Waals surface area contributed by atoms with Crippen LogP contribution in [0.15, 0.2) is 30.5 Å². The maximum absolute atomic E-state index is 13.0. The molecule has 0 saturated heterocycles. The van der Waals surface area contributed by atoms with Crippen molar-refractivity contribution in [2.75, 3.05) is 6.61 Å². The number of halogens is 1. The molecule has 0 amide bonds. The van der Waals surface area contributed by atoms with Crippen molar-refractivity contribution in [3.8, 4) is 0 Å². The van der Waals surface area contributed by atoms with Crippen LogP contribution in [-0.2, 0) is 4.74 Å². The predicted molar refractivity (Wildman–Crippen MR) is 75.8 cm³/mol. The minimum absolute atomic E-state index is 0.200. The van der Waals surface area contributed by atoms with Crippen LogP contribution >= 0.6 is 12.2 Å². The Bertz CT molecular complexity index is 661. The molecule has 1 aromatic heterocycles. The molecule has 0 radical (unpaired) electrons. The van der Waals surface area contributed by atoms with Crippen LogP contribution in [0.2, 0.25) is 0 Å². The van der Waals surface area contributed by atoms with Crippen molar-refractivity contribution < 1.29 is 13.9 Å². The number of carbonyl (C=O) groups is 1. The van der Waals surface area contributed by atoms with E-state index >= 15 is 0 Å². The Labute approximate surface area is 121 Å². The van der Waals surface area contributed by atoms with Crippen molar-refractivity contribution in [2.24, 2.45) is 0 Å². The topological polar surface area (TPSA) is 47.0 Å². The van der Waals surface area contributed by atoms with E-state index in [1.807, 2.05) is 6.92 Å². The SMILES string of the molecule is CCOC(=O)c1c[nH]c(=S)n1[C@@H](C)c1ccc(F)cc1. The van der Waals surface area contributed by atoms with E-state index in [4.69, 9.17) is 17.0 Å². The number of hydrogen-bond donors (Lipinski definition) is 1. The lowest BCUT2D eigenvalue weighted by Crippen LogP contribution is -2.16. The fourth-order valence-electron chi connectivity index (χ4n) is 2.02. The van der Waals surface area contributed by atoms with Gasteiger partial charge in [-0.3, -0.25) is 0 Å². The van der Waals surface area contributed by atoms with Crippen LogP contribution < -0.4 is 0 Å². The monoisotopic (exact) mass is 294 g/mol. The summed E-state index contributed by atoms with van der Waals surface area (Å²) in [5.41, 5.74) is 1.21. The van der Waals surface area contributed by atoms with Gasteiger partial charge in [-0.1, -0.05) is 12.1 Å². The van der Waals surface area contributed by atoms with Gasteiger partial charge in [0, 0.05) is 6.20 Å². The Hall–Kier alpha value is -1.95. The fraction of sp³-hybridized carbons (Fsp3) is 0.286. The zero-order valence-electron chi connectivity index (χ0n) is 11.2. The van der Waals surface area contributed by atoms with Gasteiger partial charge >= 0.3 is 5.97 Å². The van der Waals surface area contributed by atoms with Crippen LogP contribution in [0, 0.1) is 10.6 Å². The zero-order valence-corrected chi connectivity index (χ0v) is 12.0. The van der Waals surface area contributed by atoms with Crippen LogP contribution in [-0.4, -0.2) is 22.1 Å². The van der Waals surface area contributed by atoms with E-state index in [1.54, 1.807) is 23.6 Å². The van der Waals surface area contributed by atoms with E-state index in [-0.39, 0.29) is 11.9 Å². The third kappa shape index (κ3) is 2.80. The van der Waals surface area contributed by atoms with Crippen LogP contribution in [0.4, 0.5) is 4.39 Å². The van der Waals surface area contributed by atoms with Gasteiger partial charge in [-0.2, -0.15) is 0 Å². The molecule has 1 aromatic carbocycles. The van der Waals surface area contributed by atoms with Crippen molar-refractivity contribution in [1.82, 2.24) is 9.55 Å². The molecule has 1 atom stereocenters. The largest absolute Gasteiger partial charge is 0.461 e. The summed E-state index contributed by atoms with van der Waals surface area (Å²) < 4.78 is 20.1. The van der Waals surface area contributed by atoms with E-state index in [0.29, 0.717) is 17.1 Å². The first-order chi connectivity index (χ1) is 9.54. The highest BCUT2D eigenvalue weighted by Crippen LogP contribution is 2.21. The smallest absolute Gasteiger partial charge is 0.356 e. The summed E-state index contributed by atoms with van der Waals surface area (Å²) in [6, 6.07) is 5.90. The van der Waals surface area contributed by atoms with Crippen LogP contribution in [0.25, 0.3) is 0 Å². The molecule has 0 aliphatic rings. The lowest BCUT2D eigenvalue weighted by Gasteiger charge is -2.16. The molecule has 0 aliphatic heterocycles. The number of esters is 1. The number of benzene rings is 1. The molecule has 0 fully saturated rings. The summed E-state index contributed by atoms with van der Waals surface area (Å²) in [7, 11) is 0. The quantitative estimate of drug-likeness (QED) is 0.694. The molecule has 0 bridgehead atoms. The van der Waals surface area contributed by atoms with Crippen molar-refractivity contribution >= 4 is 18.2 Å². The van der Waals surface area contributed by atoms with Crippen LogP contribution in [0.3, 0.4) is 0 Å². The van der Waals surface area contributed by atoms with E-state index in [9.17, 15) is 9.18 Å². The predicted octanol–water partition coefficient (Wildman–Crippen LogP) is 3.47. The Kier molecular flexibility index (Phi) is 4.34. The summed E-state index contributed by atoms with van der Waals surface area (Å²) in [4.78, 5) is 14.7. The molecule has 0 spiro atoms. The first-order valence-corrected chi connectivity index (χ1v) is 6.68. The van der Waals surface area contributed by atoms with Crippen molar-refractivity contribution in [3.63, 3.8) is 0 Å². The van der Waals surface area contributed by atoms with Gasteiger partial charge in [0.2, 0.25) is 0 Å². The van der Waals surface area contributed by atoms with Gasteiger partial charge in [-0.25, -0.2) is 9.18 Å². The van der Waals surface area contributed by atoms with Gasteiger partial charge in [-0.15, -0.1) is 0 Å². The summed E-state index contributed by atoms with van der Waals surface area (Å²) in [5.74, 6) is -0.738. The van der Waals surface area contributed by atoms with E-state index in [2.05, 4.69) is 4.98 Å². The highest BCUT2D eigenvalue weighted by molar-refractivity contribution is 7.71. The second-order valence-corrected chi connectivity index (χ2v) is 4.68. The number of hydrogen-bond acceptors (Lipinski definition) is 3. The van der Waals surface area contributed by atoms with E-state index in [1.165, 1.54) is 18.3 Å². The maximum atomic E-state index is 13.0. The van der Waals surface area contributed by atoms with Gasteiger partial charge in [0.15, 0.2) is 4.77 Å². The number of nitrogens with one attached hydrogen (secondary N) is 1. The summed E-state index contributed by atoms with van der Waals surface area (Å²) in [6.45, 7) is 3.92. The average molecular weight is 294 g/mol. The number of imidazole rings is 1. The minimum Gasteiger partial charge on any atom is -0.461 e. The standard InChI is InChI=1S/C14H15FN2O2S/c1-3-19-13(18)12-8-16-14(20)17(12)9(2)10-4-6-11(15)7-5-10/h4-9H,3H2,1-2H3,(H,16,20)/t9-/m0/s1. The Morgan fingerprint density at radius 3 is 2.70 bits per heavy atom. The molecular formula is C14H15FN2O2S. The minimum atomic E-state index is -0.436. The molecular weight excluding hydrogens is 279 g/mol. The third-order valence-corrected chi connectivity index (χ3v) is 3.35. The molecule has 2 aromatic rings. The lowest BCUT2D eigenvalue weighted by molar-refractivity contribution is 0.0512. The normalized spacial score (nSPS) is 12.2. The second kappa shape index (κ2) is 6.00. The molecule has 6 heteroatoms. The summed E-state index contributed by atoms with van der Waals surface area (Å²) >= 11 is 5.20. The average Bonchev–Trinajstić information content (AvgIpc) is 2.81. The highest BCUT2D eigenvalue weighted by Gasteiger charge is 2.19. The molecule has 0 unspecified atom stereocenters. The molecule has 2 rings (SSSR count). The summed E-state index contributed by atoms with van der Waals surface area (Å²) in [5, 5.41) is 0. The number of ether oxygens (including phenoxy) is 1. The van der Waals surface area contributed by atoms with E-state index < -0.39 is 5.97 Å². The number of H-pyrrole nitrogens is 1. The maximum Gasteiger partial charge on any atom is 0.356 e. The fourth-order valence-corrected chi connectivity index (χ4v) is 2.33. The molecule has 4 nitrogen and oxygen atoms in total. The third-order valence-electron chi connectivity index (χ3n) is 3.03. The Morgan fingerprint density at radius 2 is 2.10 bits per heavy atom. The first kappa shape index (κ1) is 14.5. The van der Waals surface area contributed by atoms with Gasteiger partial charge in [0.1, 0.15) is 11.5 Å². The number of carbonyl (C=O) groups excluding carboxylic acids is 1. The molecule has 1 N–H and O–H groups in total. The summed E-state index contributed by atoms with van der Waals surface area (Å²) in [6.07, 6.45) is 1.53. The Morgan fingerprint density at radius 1 is 1.45 bits per heavy atom. The number of aromatic nitrogens is 2. The molecule has 1 heterocycles. The van der Waals surface area contributed by atoms with Crippen LogP contribution in [0.1, 0.15) is 35.9 Å². The highest BCUT2D eigenvalue weighted by atomic mass is 32.1. The second-order valence-electron chi connectivity index (χ2n) is 4.30. The Balaban J connectivity index is 2.41. The first-order valence-electron chi connectivity index (χ1n) is 6.27. The zero-order chi connectivity index (χ0) is 14.7. The van der Waals surface area contributed by atoms with E-state index in [0.717, 1.165) is 5.56 Å². The molecule has 106 valence electrons. The number of nitrogens with zero attached hydrogens (tertiary/aromatic N) is 1. The van der Waals surface area contributed by atoms with Gasteiger partial charge < -0.3 is 14.3 Å². The van der Waals surface area contributed by atoms with Gasteiger partial charge in [0.05, 0.1) is 12.6 Å². The molecule has 0 saturated carbocycles. The van der Waals surface area contributed by atoms with Crippen molar-refractivity contribution in [1.29, 1.82) is 0 Å². The number of aromatic amines is 1. The van der Waals surface area contributed by atoms with Gasteiger partial charge in [0.25, 0.3) is 0 Å². The molecule has 0 aliphatic carbocycles. The van der Waals surface area contributed by atoms with Crippen molar-refractivity contribution in [3.05, 3.63) is 52.3 Å². The van der Waals surface area contributed by atoms with Crippen LogP contribution in [0.5, 0.6) is 0 Å².